The van der Waals surface area contributed by atoms with E-state index in [2.05, 4.69) is 20.9 Å². The second-order valence-electron chi connectivity index (χ2n) is 2.80. The van der Waals surface area contributed by atoms with Crippen LogP contribution < -0.4 is 4.74 Å². The van der Waals surface area contributed by atoms with Gasteiger partial charge in [0.05, 0.1) is 22.1 Å². The number of rotatable bonds is 1. The summed E-state index contributed by atoms with van der Waals surface area (Å²) in [6.45, 7) is 0. The van der Waals surface area contributed by atoms with E-state index >= 15 is 0 Å². The Labute approximate surface area is 95.0 Å². The highest BCUT2D eigenvalue weighted by molar-refractivity contribution is 9.10. The van der Waals surface area contributed by atoms with Gasteiger partial charge >= 0.3 is 0 Å². The average Bonchev–Trinajstić information content (AvgIpc) is 2.23. The molecule has 0 fully saturated rings. The number of benzene rings is 1. The maximum absolute atomic E-state index is 6.09. The van der Waals surface area contributed by atoms with Crippen LogP contribution in [-0.2, 0) is 0 Å². The van der Waals surface area contributed by atoms with Crippen molar-refractivity contribution in [1.29, 1.82) is 0 Å². The number of ether oxygens (including phenoxy) is 1. The Morgan fingerprint density at radius 1 is 1.43 bits per heavy atom. The Hall–Kier alpha value is -0.800. The Morgan fingerprint density at radius 3 is 2.93 bits per heavy atom. The van der Waals surface area contributed by atoms with Crippen molar-refractivity contribution in [1.82, 2.24) is 4.98 Å². The number of aromatic nitrogens is 1. The third kappa shape index (κ3) is 1.57. The van der Waals surface area contributed by atoms with E-state index in [-0.39, 0.29) is 0 Å². The summed E-state index contributed by atoms with van der Waals surface area (Å²) in [6, 6.07) is 5.62. The van der Waals surface area contributed by atoms with Crippen molar-refractivity contribution in [3.05, 3.63) is 33.9 Å². The first-order valence-corrected chi connectivity index (χ1v) is 5.17. The number of fused-ring (bicyclic) bond motifs is 1. The van der Waals surface area contributed by atoms with Gasteiger partial charge in [-0.3, -0.25) is 4.98 Å². The third-order valence-corrected chi connectivity index (χ3v) is 3.20. The van der Waals surface area contributed by atoms with Gasteiger partial charge in [0.15, 0.2) is 0 Å². The van der Waals surface area contributed by atoms with E-state index in [9.17, 15) is 0 Å². The van der Waals surface area contributed by atoms with Crippen molar-refractivity contribution < 1.29 is 4.74 Å². The second kappa shape index (κ2) is 3.75. The molecule has 0 bridgehead atoms. The zero-order valence-electron chi connectivity index (χ0n) is 7.42. The molecule has 0 aliphatic heterocycles. The monoisotopic (exact) mass is 271 g/mol. The molecule has 0 aliphatic carbocycles. The van der Waals surface area contributed by atoms with E-state index < -0.39 is 0 Å². The molecule has 0 amide bonds. The highest BCUT2D eigenvalue weighted by atomic mass is 79.9. The lowest BCUT2D eigenvalue weighted by atomic mass is 10.2. The first-order chi connectivity index (χ1) is 6.72. The summed E-state index contributed by atoms with van der Waals surface area (Å²) in [4.78, 5) is 4.24. The van der Waals surface area contributed by atoms with Crippen LogP contribution >= 0.6 is 27.5 Å². The van der Waals surface area contributed by atoms with E-state index in [4.69, 9.17) is 16.3 Å². The SMILES string of the molecule is COc1ccc2c(Cl)c(Br)cnc2c1. The lowest BCUT2D eigenvalue weighted by molar-refractivity contribution is 0.415. The molecule has 14 heavy (non-hydrogen) atoms. The smallest absolute Gasteiger partial charge is 0.121 e. The fraction of sp³-hybridized carbons (Fsp3) is 0.100. The Bertz CT molecular complexity index is 487. The minimum absolute atomic E-state index is 0.678. The fourth-order valence-electron chi connectivity index (χ4n) is 1.24. The molecule has 0 radical (unpaired) electrons. The largest absolute Gasteiger partial charge is 0.497 e. The zero-order chi connectivity index (χ0) is 10.1. The number of hydrogen-bond acceptors (Lipinski definition) is 2. The van der Waals surface area contributed by atoms with Gasteiger partial charge in [-0.25, -0.2) is 0 Å². The molecule has 72 valence electrons. The van der Waals surface area contributed by atoms with E-state index in [0.717, 1.165) is 21.1 Å². The normalized spacial score (nSPS) is 10.5. The molecule has 0 N–H and O–H groups in total. The summed E-state index contributed by atoms with van der Waals surface area (Å²) in [7, 11) is 1.63. The van der Waals surface area contributed by atoms with Crippen LogP contribution in [0.15, 0.2) is 28.9 Å². The van der Waals surface area contributed by atoms with Crippen LogP contribution in [0.1, 0.15) is 0 Å². The first kappa shape index (κ1) is 9.74. The molecule has 0 spiro atoms. The molecule has 0 atom stereocenters. The second-order valence-corrected chi connectivity index (χ2v) is 4.04. The van der Waals surface area contributed by atoms with Crippen molar-refractivity contribution in [2.24, 2.45) is 0 Å². The van der Waals surface area contributed by atoms with Crippen LogP contribution in [0.25, 0.3) is 10.9 Å². The maximum atomic E-state index is 6.09. The Balaban J connectivity index is 2.74. The van der Waals surface area contributed by atoms with Gasteiger partial charge in [-0.05, 0) is 28.1 Å². The van der Waals surface area contributed by atoms with Gasteiger partial charge in [-0.15, -0.1) is 0 Å². The molecule has 1 aromatic heterocycles. The number of methoxy groups -OCH3 is 1. The summed E-state index contributed by atoms with van der Waals surface area (Å²) in [6.07, 6.45) is 1.68. The minimum Gasteiger partial charge on any atom is -0.497 e. The van der Waals surface area contributed by atoms with Gasteiger partial charge in [-0.1, -0.05) is 11.6 Å². The number of halogens is 2. The van der Waals surface area contributed by atoms with Crippen LogP contribution in [0.4, 0.5) is 0 Å². The molecule has 0 unspecified atom stereocenters. The molecular formula is C10H7BrClNO. The molecule has 2 rings (SSSR count). The lowest BCUT2D eigenvalue weighted by Gasteiger charge is -2.04. The molecule has 0 aliphatic rings. The van der Waals surface area contributed by atoms with Crippen molar-refractivity contribution in [3.8, 4) is 5.75 Å². The Kier molecular flexibility index (Phi) is 2.61. The predicted octanol–water partition coefficient (Wildman–Crippen LogP) is 3.66. The molecule has 0 saturated carbocycles. The first-order valence-electron chi connectivity index (χ1n) is 4.00. The molecule has 2 nitrogen and oxygen atoms in total. The Morgan fingerprint density at radius 2 is 2.21 bits per heavy atom. The number of hydrogen-bond donors (Lipinski definition) is 0. The summed E-state index contributed by atoms with van der Waals surface area (Å²) < 4.78 is 5.90. The maximum Gasteiger partial charge on any atom is 0.121 e. The molecule has 4 heteroatoms. The van der Waals surface area contributed by atoms with Crippen LogP contribution in [0.3, 0.4) is 0 Å². The van der Waals surface area contributed by atoms with Crippen molar-refractivity contribution >= 4 is 38.4 Å². The van der Waals surface area contributed by atoms with Crippen molar-refractivity contribution in [2.75, 3.05) is 7.11 Å². The lowest BCUT2D eigenvalue weighted by Crippen LogP contribution is -1.85. The van der Waals surface area contributed by atoms with Crippen LogP contribution in [-0.4, -0.2) is 12.1 Å². The third-order valence-electron chi connectivity index (χ3n) is 1.97. The summed E-state index contributed by atoms with van der Waals surface area (Å²) >= 11 is 9.42. The van der Waals surface area contributed by atoms with E-state index in [0.29, 0.717) is 5.02 Å². The van der Waals surface area contributed by atoms with Gasteiger partial charge in [0.1, 0.15) is 5.75 Å². The summed E-state index contributed by atoms with van der Waals surface area (Å²) in [5.74, 6) is 0.781. The standard InChI is InChI=1S/C10H7BrClNO/c1-14-6-2-3-7-9(4-6)13-5-8(11)10(7)12/h2-5H,1H3. The van der Waals surface area contributed by atoms with Gasteiger partial charge in [-0.2, -0.15) is 0 Å². The highest BCUT2D eigenvalue weighted by Crippen LogP contribution is 2.30. The summed E-state index contributed by atoms with van der Waals surface area (Å²) in [5, 5.41) is 1.60. The topological polar surface area (TPSA) is 22.1 Å². The van der Waals surface area contributed by atoms with Gasteiger partial charge in [0.25, 0.3) is 0 Å². The van der Waals surface area contributed by atoms with Gasteiger partial charge in [0, 0.05) is 17.6 Å². The van der Waals surface area contributed by atoms with Crippen molar-refractivity contribution in [3.63, 3.8) is 0 Å². The fourth-order valence-corrected chi connectivity index (χ4v) is 1.77. The van der Waals surface area contributed by atoms with E-state index in [1.807, 2.05) is 18.2 Å². The molecule has 1 aromatic carbocycles. The minimum atomic E-state index is 0.678. The zero-order valence-corrected chi connectivity index (χ0v) is 9.76. The highest BCUT2D eigenvalue weighted by Gasteiger charge is 2.05. The van der Waals surface area contributed by atoms with E-state index in [1.54, 1.807) is 13.3 Å². The average molecular weight is 273 g/mol. The van der Waals surface area contributed by atoms with Crippen LogP contribution in [0, 0.1) is 0 Å². The van der Waals surface area contributed by atoms with E-state index in [1.165, 1.54) is 0 Å². The molecular weight excluding hydrogens is 265 g/mol. The van der Waals surface area contributed by atoms with Crippen LogP contribution in [0.5, 0.6) is 5.75 Å². The number of pyridine rings is 1. The predicted molar refractivity (Wildman–Crippen MR) is 61.0 cm³/mol. The molecule has 1 heterocycles. The van der Waals surface area contributed by atoms with Crippen LogP contribution in [0.2, 0.25) is 5.02 Å². The number of nitrogens with zero attached hydrogens (tertiary/aromatic N) is 1. The quantitative estimate of drug-likeness (QED) is 0.790. The summed E-state index contributed by atoms with van der Waals surface area (Å²) in [5.41, 5.74) is 0.831. The van der Waals surface area contributed by atoms with Crippen molar-refractivity contribution in [2.45, 2.75) is 0 Å². The van der Waals surface area contributed by atoms with Gasteiger partial charge < -0.3 is 4.74 Å². The van der Waals surface area contributed by atoms with Gasteiger partial charge in [0.2, 0.25) is 0 Å². The molecule has 2 aromatic rings. The molecule has 0 saturated heterocycles.